The normalized spacial score (nSPS) is 10.6. The molecule has 2 N–H and O–H groups in total. The summed E-state index contributed by atoms with van der Waals surface area (Å²) in [6.45, 7) is 0. The topological polar surface area (TPSA) is 134 Å². The molecule has 0 unspecified atom stereocenters. The number of nitro groups is 1. The van der Waals surface area contributed by atoms with E-state index in [-0.39, 0.29) is 16.8 Å². The number of carboxylic acid groups (broad SMARTS) is 1. The van der Waals surface area contributed by atoms with E-state index in [1.165, 1.54) is 0 Å². The molecule has 3 rings (SSSR count). The lowest BCUT2D eigenvalue weighted by Crippen LogP contribution is -2.16. The number of nitro benzene ring substituents is 1. The second-order valence-electron chi connectivity index (χ2n) is 5.83. The van der Waals surface area contributed by atoms with Gasteiger partial charge in [0.1, 0.15) is 0 Å². The molecule has 0 saturated heterocycles. The van der Waals surface area contributed by atoms with Crippen molar-refractivity contribution in [2.45, 2.75) is 0 Å². The van der Waals surface area contributed by atoms with Crippen LogP contribution in [0.4, 0.5) is 22.7 Å². The molecule has 9 nitrogen and oxygen atoms in total. The van der Waals surface area contributed by atoms with E-state index < -0.39 is 16.8 Å². The summed E-state index contributed by atoms with van der Waals surface area (Å²) in [6.07, 6.45) is 0. The van der Waals surface area contributed by atoms with Crippen molar-refractivity contribution in [3.05, 3.63) is 94.0 Å². The Morgan fingerprint density at radius 2 is 1.48 bits per heavy atom. The van der Waals surface area contributed by atoms with Gasteiger partial charge in [0.25, 0.3) is 11.6 Å². The van der Waals surface area contributed by atoms with Crippen LogP contribution in [0, 0.1) is 10.1 Å². The number of rotatable bonds is 6. The standard InChI is InChI=1S/C20H14N4O5/c25-19(18-12-16(24(28)29)10-11-17(18)20(26)27)21-13-6-8-15(9-7-13)23-22-14-4-2-1-3-5-14/h1-12H,(H,21,25)(H,26,27). The first-order chi connectivity index (χ1) is 13.9. The van der Waals surface area contributed by atoms with Crippen molar-refractivity contribution in [2.75, 3.05) is 5.32 Å². The maximum atomic E-state index is 12.5. The van der Waals surface area contributed by atoms with Crippen LogP contribution in [-0.4, -0.2) is 21.9 Å². The summed E-state index contributed by atoms with van der Waals surface area (Å²) in [6, 6.07) is 18.5. The lowest BCUT2D eigenvalue weighted by atomic mass is 10.1. The summed E-state index contributed by atoms with van der Waals surface area (Å²) in [5.41, 5.74) is 0.597. The minimum Gasteiger partial charge on any atom is -0.478 e. The van der Waals surface area contributed by atoms with Crippen molar-refractivity contribution in [3.63, 3.8) is 0 Å². The zero-order chi connectivity index (χ0) is 20.8. The summed E-state index contributed by atoms with van der Waals surface area (Å²) in [5, 5.41) is 30.8. The van der Waals surface area contributed by atoms with E-state index in [0.29, 0.717) is 17.1 Å². The number of carbonyl (C=O) groups excluding carboxylic acids is 1. The van der Waals surface area contributed by atoms with Crippen LogP contribution < -0.4 is 5.32 Å². The molecule has 0 aliphatic heterocycles. The number of nitrogens with zero attached hydrogens (tertiary/aromatic N) is 3. The van der Waals surface area contributed by atoms with Crippen molar-refractivity contribution in [2.24, 2.45) is 10.2 Å². The van der Waals surface area contributed by atoms with Crippen molar-refractivity contribution in [1.82, 2.24) is 0 Å². The van der Waals surface area contributed by atoms with Gasteiger partial charge in [0.2, 0.25) is 0 Å². The fraction of sp³-hybridized carbons (Fsp3) is 0. The molecule has 0 spiro atoms. The lowest BCUT2D eigenvalue weighted by Gasteiger charge is -2.08. The van der Waals surface area contributed by atoms with Gasteiger partial charge >= 0.3 is 5.97 Å². The lowest BCUT2D eigenvalue weighted by molar-refractivity contribution is -0.384. The highest BCUT2D eigenvalue weighted by molar-refractivity contribution is 6.11. The van der Waals surface area contributed by atoms with Gasteiger partial charge in [-0.05, 0) is 42.5 Å². The highest BCUT2D eigenvalue weighted by Crippen LogP contribution is 2.22. The van der Waals surface area contributed by atoms with Crippen LogP contribution in [-0.2, 0) is 0 Å². The van der Waals surface area contributed by atoms with E-state index in [1.807, 2.05) is 18.2 Å². The molecule has 0 aliphatic rings. The predicted molar refractivity (Wildman–Crippen MR) is 105 cm³/mol. The van der Waals surface area contributed by atoms with E-state index in [9.17, 15) is 24.8 Å². The predicted octanol–water partition coefficient (Wildman–Crippen LogP) is 4.96. The van der Waals surface area contributed by atoms with E-state index in [1.54, 1.807) is 36.4 Å². The smallest absolute Gasteiger partial charge is 0.336 e. The zero-order valence-electron chi connectivity index (χ0n) is 14.9. The molecule has 0 saturated carbocycles. The van der Waals surface area contributed by atoms with Crippen molar-refractivity contribution >= 4 is 34.6 Å². The second kappa shape index (κ2) is 8.53. The third-order valence-corrected chi connectivity index (χ3v) is 3.85. The molecule has 0 fully saturated rings. The molecular formula is C20H14N4O5. The summed E-state index contributed by atoms with van der Waals surface area (Å²) in [4.78, 5) is 34.0. The van der Waals surface area contributed by atoms with Crippen LogP contribution in [0.2, 0.25) is 0 Å². The van der Waals surface area contributed by atoms with E-state index in [2.05, 4.69) is 15.5 Å². The molecule has 9 heteroatoms. The van der Waals surface area contributed by atoms with Crippen LogP contribution in [0.5, 0.6) is 0 Å². The van der Waals surface area contributed by atoms with Gasteiger partial charge < -0.3 is 10.4 Å². The Morgan fingerprint density at radius 1 is 0.862 bits per heavy atom. The Balaban J connectivity index is 1.77. The van der Waals surface area contributed by atoms with Crippen molar-refractivity contribution < 1.29 is 19.6 Å². The van der Waals surface area contributed by atoms with Crippen LogP contribution in [0.3, 0.4) is 0 Å². The SMILES string of the molecule is O=C(O)c1ccc([N+](=O)[O-])cc1C(=O)Nc1ccc(N=Nc2ccccc2)cc1. The van der Waals surface area contributed by atoms with Gasteiger partial charge in [-0.1, -0.05) is 18.2 Å². The first kappa shape index (κ1) is 19.4. The van der Waals surface area contributed by atoms with E-state index >= 15 is 0 Å². The van der Waals surface area contributed by atoms with Gasteiger partial charge in [-0.2, -0.15) is 10.2 Å². The summed E-state index contributed by atoms with van der Waals surface area (Å²) in [7, 11) is 0. The minimum atomic E-state index is -1.36. The Labute approximate surface area is 164 Å². The average Bonchev–Trinajstić information content (AvgIpc) is 2.73. The van der Waals surface area contributed by atoms with Gasteiger partial charge in [-0.3, -0.25) is 14.9 Å². The largest absolute Gasteiger partial charge is 0.478 e. The fourth-order valence-corrected chi connectivity index (χ4v) is 2.44. The number of aromatic carboxylic acids is 1. The van der Waals surface area contributed by atoms with E-state index in [4.69, 9.17) is 0 Å². The molecule has 0 aromatic heterocycles. The quantitative estimate of drug-likeness (QED) is 0.348. The number of non-ortho nitro benzene ring substituents is 1. The van der Waals surface area contributed by atoms with Gasteiger partial charge in [0, 0.05) is 17.8 Å². The maximum absolute atomic E-state index is 12.5. The molecule has 0 heterocycles. The first-order valence-electron chi connectivity index (χ1n) is 8.34. The van der Waals surface area contributed by atoms with Gasteiger partial charge in [-0.25, -0.2) is 4.79 Å². The maximum Gasteiger partial charge on any atom is 0.336 e. The summed E-state index contributed by atoms with van der Waals surface area (Å²) < 4.78 is 0. The van der Waals surface area contributed by atoms with Crippen LogP contribution in [0.15, 0.2) is 83.0 Å². The molecule has 0 bridgehead atoms. The number of anilines is 1. The molecule has 29 heavy (non-hydrogen) atoms. The number of nitrogens with one attached hydrogen (secondary N) is 1. The zero-order valence-corrected chi connectivity index (χ0v) is 14.9. The van der Waals surface area contributed by atoms with Gasteiger partial charge in [0.15, 0.2) is 0 Å². The molecule has 3 aromatic carbocycles. The van der Waals surface area contributed by atoms with Crippen LogP contribution >= 0.6 is 0 Å². The van der Waals surface area contributed by atoms with E-state index in [0.717, 1.165) is 18.2 Å². The van der Waals surface area contributed by atoms with Crippen molar-refractivity contribution in [1.29, 1.82) is 0 Å². The third-order valence-electron chi connectivity index (χ3n) is 3.85. The highest BCUT2D eigenvalue weighted by atomic mass is 16.6. The number of hydrogen-bond donors (Lipinski definition) is 2. The number of carbonyl (C=O) groups is 2. The van der Waals surface area contributed by atoms with Crippen LogP contribution in [0.25, 0.3) is 0 Å². The number of hydrogen-bond acceptors (Lipinski definition) is 6. The molecule has 1 amide bonds. The van der Waals surface area contributed by atoms with Gasteiger partial charge in [0.05, 0.1) is 27.4 Å². The molecule has 0 atom stereocenters. The number of benzene rings is 3. The third kappa shape index (κ3) is 4.86. The second-order valence-corrected chi connectivity index (χ2v) is 5.83. The van der Waals surface area contributed by atoms with Crippen LogP contribution in [0.1, 0.15) is 20.7 Å². The summed E-state index contributed by atoms with van der Waals surface area (Å²) >= 11 is 0. The Morgan fingerprint density at radius 3 is 2.07 bits per heavy atom. The number of amides is 1. The minimum absolute atomic E-state index is 0.306. The Kier molecular flexibility index (Phi) is 5.69. The molecule has 144 valence electrons. The van der Waals surface area contributed by atoms with Crippen molar-refractivity contribution in [3.8, 4) is 0 Å². The molecular weight excluding hydrogens is 376 g/mol. The molecule has 0 aliphatic carbocycles. The Hall–Kier alpha value is -4.40. The number of azo groups is 1. The fourth-order valence-electron chi connectivity index (χ4n) is 2.44. The van der Waals surface area contributed by atoms with Gasteiger partial charge in [-0.15, -0.1) is 0 Å². The molecule has 0 radical (unpaired) electrons. The monoisotopic (exact) mass is 390 g/mol. The molecule has 3 aromatic rings. The first-order valence-corrected chi connectivity index (χ1v) is 8.34. The average molecular weight is 390 g/mol. The Bertz CT molecular complexity index is 1100. The summed E-state index contributed by atoms with van der Waals surface area (Å²) in [5.74, 6) is -2.13. The number of carboxylic acids is 1. The highest BCUT2D eigenvalue weighted by Gasteiger charge is 2.20.